The maximum Gasteiger partial charge on any atom is 0.127 e. The van der Waals surface area contributed by atoms with E-state index in [4.69, 9.17) is 0 Å². The van der Waals surface area contributed by atoms with E-state index in [-0.39, 0.29) is 5.82 Å². The Balaban J connectivity index is 2.66. The fraction of sp³-hybridized carbons (Fsp3) is 0.571. The van der Waals surface area contributed by atoms with Crippen molar-refractivity contribution in [3.05, 3.63) is 35.1 Å². The van der Waals surface area contributed by atoms with Crippen LogP contribution in [0.3, 0.4) is 0 Å². The summed E-state index contributed by atoms with van der Waals surface area (Å²) >= 11 is 0. The van der Waals surface area contributed by atoms with Crippen LogP contribution < -0.4 is 5.32 Å². The lowest BCUT2D eigenvalue weighted by Gasteiger charge is -2.09. The molecule has 1 rings (SSSR count). The Morgan fingerprint density at radius 3 is 2.69 bits per heavy atom. The summed E-state index contributed by atoms with van der Waals surface area (Å²) in [6.07, 6.45) is 2.09. The number of hydrogen-bond acceptors (Lipinski definition) is 1. The van der Waals surface area contributed by atoms with Gasteiger partial charge in [-0.05, 0) is 36.9 Å². The van der Waals surface area contributed by atoms with Crippen LogP contribution >= 0.6 is 0 Å². The van der Waals surface area contributed by atoms with Gasteiger partial charge >= 0.3 is 0 Å². The Hall–Kier alpha value is -0.890. The summed E-state index contributed by atoms with van der Waals surface area (Å²) in [6, 6.07) is 5.46. The summed E-state index contributed by atoms with van der Waals surface area (Å²) in [4.78, 5) is 0. The summed E-state index contributed by atoms with van der Waals surface area (Å²) in [5.41, 5.74) is 2.01. The Kier molecular flexibility index (Phi) is 5.47. The molecule has 2 heteroatoms. The predicted molar refractivity (Wildman–Crippen MR) is 66.9 cm³/mol. The molecular weight excluding hydrogens is 201 g/mol. The van der Waals surface area contributed by atoms with E-state index < -0.39 is 0 Å². The normalized spacial score (nSPS) is 11.1. The highest BCUT2D eigenvalue weighted by atomic mass is 19.1. The molecule has 0 aliphatic heterocycles. The molecule has 0 saturated heterocycles. The average molecular weight is 223 g/mol. The average Bonchev–Trinajstić information content (AvgIpc) is 2.22. The largest absolute Gasteiger partial charge is 0.313 e. The molecule has 1 N–H and O–H groups in total. The third-order valence-electron chi connectivity index (χ3n) is 2.50. The van der Waals surface area contributed by atoms with E-state index in [9.17, 15) is 4.39 Å². The quantitative estimate of drug-likeness (QED) is 0.728. The summed E-state index contributed by atoms with van der Waals surface area (Å²) in [7, 11) is 0. The molecule has 1 aromatic carbocycles. The second-order valence-corrected chi connectivity index (χ2v) is 4.70. The van der Waals surface area contributed by atoms with Gasteiger partial charge in [0.15, 0.2) is 0 Å². The molecule has 0 aliphatic carbocycles. The standard InChI is InChI=1S/C14H22FN/c1-4-7-16-10-13-9-12(8-11(2)3)5-6-14(13)15/h5-6,9,11,16H,4,7-8,10H2,1-3H3. The lowest BCUT2D eigenvalue weighted by Crippen LogP contribution is -2.15. The van der Waals surface area contributed by atoms with E-state index in [0.29, 0.717) is 12.5 Å². The zero-order valence-corrected chi connectivity index (χ0v) is 10.5. The second-order valence-electron chi connectivity index (χ2n) is 4.70. The van der Waals surface area contributed by atoms with Crippen LogP contribution in [0.5, 0.6) is 0 Å². The van der Waals surface area contributed by atoms with E-state index in [1.54, 1.807) is 6.07 Å². The molecule has 0 aromatic heterocycles. The van der Waals surface area contributed by atoms with Crippen LogP contribution in [-0.4, -0.2) is 6.54 Å². The van der Waals surface area contributed by atoms with Gasteiger partial charge in [0.1, 0.15) is 5.82 Å². The molecule has 0 aliphatic rings. The molecular formula is C14H22FN. The molecule has 0 saturated carbocycles. The van der Waals surface area contributed by atoms with Crippen molar-refractivity contribution >= 4 is 0 Å². The number of halogens is 1. The van der Waals surface area contributed by atoms with Crippen LogP contribution in [-0.2, 0) is 13.0 Å². The Morgan fingerprint density at radius 2 is 2.06 bits per heavy atom. The van der Waals surface area contributed by atoms with E-state index in [2.05, 4.69) is 26.1 Å². The maximum absolute atomic E-state index is 13.5. The smallest absolute Gasteiger partial charge is 0.127 e. The highest BCUT2D eigenvalue weighted by Gasteiger charge is 2.04. The van der Waals surface area contributed by atoms with Gasteiger partial charge < -0.3 is 5.32 Å². The lowest BCUT2D eigenvalue weighted by molar-refractivity contribution is 0.582. The third-order valence-corrected chi connectivity index (χ3v) is 2.50. The summed E-state index contributed by atoms with van der Waals surface area (Å²) < 4.78 is 13.5. The van der Waals surface area contributed by atoms with Crippen LogP contribution in [0.1, 0.15) is 38.3 Å². The monoisotopic (exact) mass is 223 g/mol. The number of hydrogen-bond donors (Lipinski definition) is 1. The van der Waals surface area contributed by atoms with Gasteiger partial charge in [0, 0.05) is 12.1 Å². The highest BCUT2D eigenvalue weighted by molar-refractivity contribution is 5.25. The minimum Gasteiger partial charge on any atom is -0.313 e. The van der Waals surface area contributed by atoms with Crippen LogP contribution in [0.25, 0.3) is 0 Å². The first kappa shape index (κ1) is 13.2. The van der Waals surface area contributed by atoms with Crippen LogP contribution in [0.2, 0.25) is 0 Å². The minimum atomic E-state index is -0.101. The number of benzene rings is 1. The molecule has 1 nitrogen and oxygen atoms in total. The Labute approximate surface area is 98.1 Å². The highest BCUT2D eigenvalue weighted by Crippen LogP contribution is 2.14. The molecule has 90 valence electrons. The van der Waals surface area contributed by atoms with Crippen molar-refractivity contribution in [2.75, 3.05) is 6.54 Å². The van der Waals surface area contributed by atoms with Crippen LogP contribution in [0, 0.1) is 11.7 Å². The van der Waals surface area contributed by atoms with Crippen LogP contribution in [0.15, 0.2) is 18.2 Å². The van der Waals surface area contributed by atoms with Crippen LogP contribution in [0.4, 0.5) is 4.39 Å². The van der Waals surface area contributed by atoms with Gasteiger partial charge in [0.2, 0.25) is 0 Å². The van der Waals surface area contributed by atoms with E-state index >= 15 is 0 Å². The number of nitrogens with one attached hydrogen (secondary N) is 1. The molecule has 0 heterocycles. The van der Waals surface area contributed by atoms with E-state index in [0.717, 1.165) is 24.9 Å². The fourth-order valence-electron chi connectivity index (χ4n) is 1.76. The number of rotatable bonds is 6. The van der Waals surface area contributed by atoms with Crippen molar-refractivity contribution in [2.45, 2.75) is 40.2 Å². The maximum atomic E-state index is 13.5. The molecule has 0 atom stereocenters. The lowest BCUT2D eigenvalue weighted by atomic mass is 10.0. The molecule has 16 heavy (non-hydrogen) atoms. The topological polar surface area (TPSA) is 12.0 Å². The first-order valence-corrected chi connectivity index (χ1v) is 6.11. The van der Waals surface area contributed by atoms with Crippen molar-refractivity contribution in [3.63, 3.8) is 0 Å². The van der Waals surface area contributed by atoms with E-state index in [1.165, 1.54) is 5.56 Å². The predicted octanol–water partition coefficient (Wildman–Crippen LogP) is 3.52. The molecule has 0 radical (unpaired) electrons. The van der Waals surface area contributed by atoms with E-state index in [1.807, 2.05) is 12.1 Å². The third kappa shape index (κ3) is 4.31. The van der Waals surface area contributed by atoms with Crippen molar-refractivity contribution in [1.29, 1.82) is 0 Å². The fourth-order valence-corrected chi connectivity index (χ4v) is 1.76. The van der Waals surface area contributed by atoms with Gasteiger partial charge in [-0.2, -0.15) is 0 Å². The van der Waals surface area contributed by atoms with Gasteiger partial charge in [-0.1, -0.05) is 32.9 Å². The van der Waals surface area contributed by atoms with Crippen molar-refractivity contribution in [3.8, 4) is 0 Å². The SMILES string of the molecule is CCCNCc1cc(CC(C)C)ccc1F. The molecule has 1 aromatic rings. The molecule has 0 spiro atoms. The van der Waals surface area contributed by atoms with Gasteiger partial charge in [-0.15, -0.1) is 0 Å². The Morgan fingerprint density at radius 1 is 1.31 bits per heavy atom. The summed E-state index contributed by atoms with van der Waals surface area (Å²) in [5.74, 6) is 0.512. The second kappa shape index (κ2) is 6.64. The van der Waals surface area contributed by atoms with Gasteiger partial charge in [0.25, 0.3) is 0 Å². The zero-order chi connectivity index (χ0) is 12.0. The molecule has 0 bridgehead atoms. The zero-order valence-electron chi connectivity index (χ0n) is 10.5. The van der Waals surface area contributed by atoms with Crippen molar-refractivity contribution in [1.82, 2.24) is 5.32 Å². The summed E-state index contributed by atoms with van der Waals surface area (Å²) in [6.45, 7) is 8.04. The minimum absolute atomic E-state index is 0.101. The molecule has 0 amide bonds. The van der Waals surface area contributed by atoms with Gasteiger partial charge in [-0.3, -0.25) is 0 Å². The summed E-state index contributed by atoms with van der Waals surface area (Å²) in [5, 5.41) is 3.23. The van der Waals surface area contributed by atoms with Crippen molar-refractivity contribution < 1.29 is 4.39 Å². The van der Waals surface area contributed by atoms with Gasteiger partial charge in [-0.25, -0.2) is 4.39 Å². The van der Waals surface area contributed by atoms with Crippen molar-refractivity contribution in [2.24, 2.45) is 5.92 Å². The first-order chi connectivity index (χ1) is 7.63. The Bertz CT molecular complexity index is 321. The molecule has 0 fully saturated rings. The molecule has 0 unspecified atom stereocenters. The van der Waals surface area contributed by atoms with Gasteiger partial charge in [0.05, 0.1) is 0 Å². The first-order valence-electron chi connectivity index (χ1n) is 6.11.